The van der Waals surface area contributed by atoms with Crippen molar-refractivity contribution in [2.45, 2.75) is 18.7 Å². The maximum atomic E-state index is 11.6. The summed E-state index contributed by atoms with van der Waals surface area (Å²) in [5, 5.41) is 19.8. The maximum Gasteiger partial charge on any atom is 0.296 e. The highest BCUT2D eigenvalue weighted by Crippen LogP contribution is 2.37. The molecule has 0 aliphatic rings. The summed E-state index contributed by atoms with van der Waals surface area (Å²) in [7, 11) is -4.44. The minimum Gasteiger partial charge on any atom is -0.505 e. The zero-order chi connectivity index (χ0) is 18.2. The first-order chi connectivity index (χ1) is 11.8. The molecule has 0 spiro atoms. The van der Waals surface area contributed by atoms with E-state index in [1.807, 2.05) is 12.1 Å². The van der Waals surface area contributed by atoms with E-state index in [0.717, 1.165) is 5.39 Å². The summed E-state index contributed by atoms with van der Waals surface area (Å²) in [4.78, 5) is -0.311. The van der Waals surface area contributed by atoms with Crippen LogP contribution in [-0.4, -0.2) is 18.1 Å². The largest absolute Gasteiger partial charge is 0.505 e. The Labute approximate surface area is 145 Å². The van der Waals surface area contributed by atoms with E-state index in [1.54, 1.807) is 44.2 Å². The average molecular weight is 356 g/mol. The third-order valence-electron chi connectivity index (χ3n) is 3.82. The number of azo groups is 1. The van der Waals surface area contributed by atoms with Crippen LogP contribution in [0.5, 0.6) is 5.75 Å². The molecule has 0 saturated carbocycles. The van der Waals surface area contributed by atoms with Crippen molar-refractivity contribution in [3.63, 3.8) is 0 Å². The smallest absolute Gasteiger partial charge is 0.296 e. The van der Waals surface area contributed by atoms with Crippen molar-refractivity contribution in [2.24, 2.45) is 10.2 Å². The number of fused-ring (bicyclic) bond motifs is 1. The van der Waals surface area contributed by atoms with Gasteiger partial charge in [-0.1, -0.05) is 36.4 Å². The molecule has 0 heterocycles. The third-order valence-corrected chi connectivity index (χ3v) is 4.69. The Morgan fingerprint density at radius 3 is 2.40 bits per heavy atom. The normalized spacial score (nSPS) is 12.1. The van der Waals surface area contributed by atoms with Crippen LogP contribution in [0.4, 0.5) is 11.4 Å². The molecule has 128 valence electrons. The van der Waals surface area contributed by atoms with Crippen molar-refractivity contribution in [1.29, 1.82) is 0 Å². The summed E-state index contributed by atoms with van der Waals surface area (Å²) in [5.41, 5.74) is 1.48. The molecule has 25 heavy (non-hydrogen) atoms. The van der Waals surface area contributed by atoms with Gasteiger partial charge < -0.3 is 5.11 Å². The lowest BCUT2D eigenvalue weighted by Gasteiger charge is -2.07. The van der Waals surface area contributed by atoms with E-state index < -0.39 is 10.1 Å². The number of aromatic hydroxyl groups is 1. The van der Waals surface area contributed by atoms with E-state index in [2.05, 4.69) is 10.2 Å². The quantitative estimate of drug-likeness (QED) is 0.519. The second-order valence-electron chi connectivity index (χ2n) is 5.76. The number of nitrogens with zero attached hydrogens (tertiary/aromatic N) is 2. The summed E-state index contributed by atoms with van der Waals surface area (Å²) in [6.07, 6.45) is 0. The number of rotatable bonds is 3. The predicted octanol–water partition coefficient (Wildman–Crippen LogP) is 4.82. The first kappa shape index (κ1) is 17.1. The molecule has 0 saturated heterocycles. The summed E-state index contributed by atoms with van der Waals surface area (Å²) < 4.78 is 32.7. The van der Waals surface area contributed by atoms with Crippen LogP contribution < -0.4 is 0 Å². The van der Waals surface area contributed by atoms with Crippen LogP contribution >= 0.6 is 0 Å². The predicted molar refractivity (Wildman–Crippen MR) is 95.5 cm³/mol. The average Bonchev–Trinajstić information content (AvgIpc) is 2.54. The van der Waals surface area contributed by atoms with E-state index in [1.165, 1.54) is 6.07 Å². The Bertz CT molecular complexity index is 1110. The lowest BCUT2D eigenvalue weighted by molar-refractivity contribution is 0.482. The van der Waals surface area contributed by atoms with Crippen molar-refractivity contribution in [2.75, 3.05) is 0 Å². The standard InChI is InChI=1S/C18H16N2O4S/c1-11-9-12(2)17(16(10-11)25(22,23)24)20-19-15-8-7-13-5-3-4-6-14(13)18(15)21/h3-10,21H,1-2H3,(H,22,23,24). The van der Waals surface area contributed by atoms with Crippen molar-refractivity contribution in [3.8, 4) is 5.75 Å². The van der Waals surface area contributed by atoms with Gasteiger partial charge in [-0.3, -0.25) is 4.55 Å². The van der Waals surface area contributed by atoms with Gasteiger partial charge >= 0.3 is 0 Å². The van der Waals surface area contributed by atoms with E-state index in [0.29, 0.717) is 16.5 Å². The van der Waals surface area contributed by atoms with Gasteiger partial charge in [0.15, 0.2) is 5.75 Å². The van der Waals surface area contributed by atoms with Crippen molar-refractivity contribution in [1.82, 2.24) is 0 Å². The molecule has 0 unspecified atom stereocenters. The van der Waals surface area contributed by atoms with Crippen LogP contribution in [0.25, 0.3) is 10.8 Å². The number of benzene rings is 3. The Balaban J connectivity index is 2.14. The molecule has 0 bridgehead atoms. The fourth-order valence-corrected chi connectivity index (χ4v) is 3.45. The molecule has 3 aromatic rings. The lowest BCUT2D eigenvalue weighted by Crippen LogP contribution is -2.00. The first-order valence-corrected chi connectivity index (χ1v) is 8.92. The maximum absolute atomic E-state index is 11.6. The fourth-order valence-electron chi connectivity index (χ4n) is 2.67. The van der Waals surface area contributed by atoms with E-state index >= 15 is 0 Å². The van der Waals surface area contributed by atoms with Crippen LogP contribution in [0.3, 0.4) is 0 Å². The van der Waals surface area contributed by atoms with Crippen molar-refractivity contribution >= 4 is 32.3 Å². The second kappa shape index (κ2) is 6.27. The summed E-state index contributed by atoms with van der Waals surface area (Å²) >= 11 is 0. The highest BCUT2D eigenvalue weighted by Gasteiger charge is 2.18. The second-order valence-corrected chi connectivity index (χ2v) is 7.15. The first-order valence-electron chi connectivity index (χ1n) is 7.48. The number of hydrogen-bond acceptors (Lipinski definition) is 5. The molecule has 6 nitrogen and oxygen atoms in total. The van der Waals surface area contributed by atoms with Crippen LogP contribution in [0.2, 0.25) is 0 Å². The Morgan fingerprint density at radius 2 is 1.68 bits per heavy atom. The minimum atomic E-state index is -4.44. The van der Waals surface area contributed by atoms with Gasteiger partial charge in [-0.15, -0.1) is 10.2 Å². The van der Waals surface area contributed by atoms with Gasteiger partial charge in [0, 0.05) is 5.39 Å². The van der Waals surface area contributed by atoms with Gasteiger partial charge in [0.05, 0.1) is 0 Å². The number of phenolic OH excluding ortho intramolecular Hbond substituents is 1. The van der Waals surface area contributed by atoms with Gasteiger partial charge in [0.1, 0.15) is 16.3 Å². The highest BCUT2D eigenvalue weighted by atomic mass is 32.2. The third kappa shape index (κ3) is 3.38. The molecule has 0 fully saturated rings. The van der Waals surface area contributed by atoms with Gasteiger partial charge in [0.2, 0.25) is 0 Å². The molecule has 7 heteroatoms. The number of hydrogen-bond donors (Lipinski definition) is 2. The molecular formula is C18H16N2O4S. The molecule has 3 rings (SSSR count). The zero-order valence-corrected chi connectivity index (χ0v) is 14.4. The molecule has 0 aromatic heterocycles. The minimum absolute atomic E-state index is 0.0416. The number of phenols is 1. The summed E-state index contributed by atoms with van der Waals surface area (Å²) in [6, 6.07) is 13.7. The highest BCUT2D eigenvalue weighted by molar-refractivity contribution is 7.86. The molecule has 0 atom stereocenters. The van der Waals surface area contributed by atoms with Gasteiger partial charge in [-0.2, -0.15) is 8.42 Å². The Kier molecular flexibility index (Phi) is 4.28. The van der Waals surface area contributed by atoms with Gasteiger partial charge in [-0.25, -0.2) is 0 Å². The fraction of sp³-hybridized carbons (Fsp3) is 0.111. The lowest BCUT2D eigenvalue weighted by atomic mass is 10.1. The van der Waals surface area contributed by atoms with E-state index in [9.17, 15) is 18.1 Å². The van der Waals surface area contributed by atoms with Gasteiger partial charge in [0.25, 0.3) is 10.1 Å². The monoisotopic (exact) mass is 356 g/mol. The van der Waals surface area contributed by atoms with E-state index in [-0.39, 0.29) is 22.0 Å². The Morgan fingerprint density at radius 1 is 0.960 bits per heavy atom. The molecule has 2 N–H and O–H groups in total. The van der Waals surface area contributed by atoms with Gasteiger partial charge in [-0.05, 0) is 42.5 Å². The zero-order valence-electron chi connectivity index (χ0n) is 13.6. The molecule has 0 aliphatic heterocycles. The van der Waals surface area contributed by atoms with Crippen LogP contribution in [0.15, 0.2) is 63.7 Å². The van der Waals surface area contributed by atoms with E-state index in [4.69, 9.17) is 0 Å². The van der Waals surface area contributed by atoms with Crippen molar-refractivity contribution < 1.29 is 18.1 Å². The number of aryl methyl sites for hydroxylation is 2. The Hall–Kier alpha value is -2.77. The van der Waals surface area contributed by atoms with Crippen LogP contribution in [0.1, 0.15) is 11.1 Å². The SMILES string of the molecule is Cc1cc(C)c(N=Nc2ccc3ccccc3c2O)c(S(=O)(=O)O)c1. The summed E-state index contributed by atoms with van der Waals surface area (Å²) in [5.74, 6) is -0.0416. The molecular weight excluding hydrogens is 340 g/mol. The molecule has 3 aromatic carbocycles. The van der Waals surface area contributed by atoms with Crippen molar-refractivity contribution in [3.05, 3.63) is 59.7 Å². The topological polar surface area (TPSA) is 99.3 Å². The molecule has 0 radical (unpaired) electrons. The van der Waals surface area contributed by atoms with Crippen LogP contribution in [-0.2, 0) is 10.1 Å². The van der Waals surface area contributed by atoms with Crippen LogP contribution in [0, 0.1) is 13.8 Å². The summed E-state index contributed by atoms with van der Waals surface area (Å²) in [6.45, 7) is 3.40. The molecule has 0 amide bonds. The molecule has 0 aliphatic carbocycles.